The number of nitrogens with zero attached hydrogens (tertiary/aromatic N) is 4. The zero-order valence-electron chi connectivity index (χ0n) is 23.5. The first-order valence-corrected chi connectivity index (χ1v) is 13.2. The van der Waals surface area contributed by atoms with E-state index in [4.69, 9.17) is 20.2 Å². The maximum Gasteiger partial charge on any atom is 0.330 e. The maximum absolute atomic E-state index is 14.1. The van der Waals surface area contributed by atoms with E-state index >= 15 is 0 Å². The van der Waals surface area contributed by atoms with Gasteiger partial charge < -0.3 is 25.8 Å². The Bertz CT molecular complexity index is 1700. The summed E-state index contributed by atoms with van der Waals surface area (Å²) in [6.45, 7) is 3.76. The van der Waals surface area contributed by atoms with Crippen LogP contribution < -0.4 is 35.6 Å². The molecule has 12 nitrogen and oxygen atoms in total. The molecule has 3 aromatic carbocycles. The number of amides is 4. The number of methoxy groups -OCH3 is 2. The molecule has 2 heterocycles. The summed E-state index contributed by atoms with van der Waals surface area (Å²) in [6.07, 6.45) is 2.81. The summed E-state index contributed by atoms with van der Waals surface area (Å²) in [5.41, 5.74) is 8.77. The molecule has 218 valence electrons. The normalized spacial score (nSPS) is 12.3. The molecule has 4 N–H and O–H groups in total. The number of hydrogen-bond acceptors (Lipinski definition) is 8. The van der Waals surface area contributed by atoms with Gasteiger partial charge in [0.2, 0.25) is 17.8 Å². The van der Waals surface area contributed by atoms with Crippen molar-refractivity contribution < 1.29 is 23.9 Å². The van der Waals surface area contributed by atoms with Gasteiger partial charge in [0.1, 0.15) is 17.3 Å². The van der Waals surface area contributed by atoms with Crippen LogP contribution in [0, 0.1) is 0 Å². The first-order valence-electron chi connectivity index (χ1n) is 13.2. The van der Waals surface area contributed by atoms with Gasteiger partial charge in [-0.15, -0.1) is 0 Å². The summed E-state index contributed by atoms with van der Waals surface area (Å²) < 4.78 is 10.8. The van der Waals surface area contributed by atoms with Gasteiger partial charge >= 0.3 is 6.03 Å². The number of primary amides is 1. The number of aromatic nitrogens is 2. The van der Waals surface area contributed by atoms with Crippen LogP contribution in [0.3, 0.4) is 0 Å². The van der Waals surface area contributed by atoms with Crippen molar-refractivity contribution in [1.82, 2.24) is 9.97 Å². The van der Waals surface area contributed by atoms with Crippen molar-refractivity contribution in [2.24, 2.45) is 5.73 Å². The lowest BCUT2D eigenvalue weighted by atomic mass is 10.1. The molecular formula is C31H29N7O5. The number of carbonyl (C=O) groups excluding carboxylic acids is 3. The third-order valence-electron chi connectivity index (χ3n) is 6.70. The number of hydrogen-bond donors (Lipinski definition) is 3. The number of ether oxygens (including phenoxy) is 2. The molecule has 0 saturated carbocycles. The number of nitrogens with two attached hydrogens (primary N) is 1. The number of nitrogens with one attached hydrogen (secondary N) is 2. The Kier molecular flexibility index (Phi) is 8.19. The Morgan fingerprint density at radius 1 is 1.02 bits per heavy atom. The fourth-order valence-electron chi connectivity index (χ4n) is 4.58. The number of rotatable bonds is 10. The molecule has 0 radical (unpaired) electrons. The van der Waals surface area contributed by atoms with Crippen LogP contribution in [0.4, 0.5) is 33.6 Å². The monoisotopic (exact) mass is 579 g/mol. The highest BCUT2D eigenvalue weighted by Crippen LogP contribution is 2.36. The number of anilines is 5. The van der Waals surface area contributed by atoms with Crippen LogP contribution in [0.15, 0.2) is 85.6 Å². The number of fused-ring (bicyclic) bond motifs is 1. The molecule has 0 fully saturated rings. The number of urea groups is 1. The van der Waals surface area contributed by atoms with E-state index in [2.05, 4.69) is 22.2 Å². The molecule has 12 heteroatoms. The van der Waals surface area contributed by atoms with Crippen molar-refractivity contribution in [3.05, 3.63) is 102 Å². The van der Waals surface area contributed by atoms with E-state index in [1.54, 1.807) is 77.8 Å². The first-order chi connectivity index (χ1) is 20.8. The average molecular weight is 580 g/mol. The van der Waals surface area contributed by atoms with E-state index in [1.807, 2.05) is 0 Å². The lowest BCUT2D eigenvalue weighted by Gasteiger charge is -2.36. The molecule has 0 spiro atoms. The van der Waals surface area contributed by atoms with Crippen LogP contribution in [0.1, 0.15) is 21.5 Å². The Balaban J connectivity index is 1.56. The number of para-hydroxylation sites is 2. The maximum atomic E-state index is 14.1. The van der Waals surface area contributed by atoms with Crippen LogP contribution in [0.25, 0.3) is 0 Å². The topological polar surface area (TPSA) is 152 Å². The van der Waals surface area contributed by atoms with Crippen LogP contribution in [-0.2, 0) is 17.9 Å². The predicted octanol–water partition coefficient (Wildman–Crippen LogP) is 4.61. The van der Waals surface area contributed by atoms with E-state index in [-0.39, 0.29) is 31.0 Å². The Labute approximate surface area is 247 Å². The first kappa shape index (κ1) is 28.6. The highest BCUT2D eigenvalue weighted by atomic mass is 16.5. The molecule has 1 aliphatic heterocycles. The van der Waals surface area contributed by atoms with E-state index in [1.165, 1.54) is 25.2 Å². The van der Waals surface area contributed by atoms with Gasteiger partial charge in [0.05, 0.1) is 44.4 Å². The lowest BCUT2D eigenvalue weighted by Crippen LogP contribution is -2.47. The van der Waals surface area contributed by atoms with Crippen LogP contribution in [0.2, 0.25) is 0 Å². The second kappa shape index (κ2) is 12.3. The Morgan fingerprint density at radius 2 is 1.74 bits per heavy atom. The molecule has 4 amide bonds. The van der Waals surface area contributed by atoms with Gasteiger partial charge in [-0.05, 0) is 35.9 Å². The fourth-order valence-corrected chi connectivity index (χ4v) is 4.58. The van der Waals surface area contributed by atoms with Gasteiger partial charge in [0.25, 0.3) is 0 Å². The smallest absolute Gasteiger partial charge is 0.330 e. The molecule has 0 atom stereocenters. The molecule has 4 aromatic rings. The van der Waals surface area contributed by atoms with Crippen LogP contribution >= 0.6 is 0 Å². The third-order valence-corrected chi connectivity index (χ3v) is 6.70. The third kappa shape index (κ3) is 6.22. The second-order valence-corrected chi connectivity index (χ2v) is 9.50. The number of benzene rings is 3. The van der Waals surface area contributed by atoms with Crippen LogP contribution in [-0.4, -0.2) is 42.0 Å². The minimum atomic E-state index is -0.576. The van der Waals surface area contributed by atoms with E-state index < -0.39 is 5.91 Å². The Hall–Kier alpha value is -5.91. The molecule has 0 bridgehead atoms. The zero-order chi connectivity index (χ0) is 30.5. The molecule has 0 aliphatic carbocycles. The molecule has 1 aromatic heterocycles. The average Bonchev–Trinajstić information content (AvgIpc) is 3.03. The summed E-state index contributed by atoms with van der Waals surface area (Å²) in [6, 6.07) is 18.6. The molecule has 5 rings (SSSR count). The van der Waals surface area contributed by atoms with Gasteiger partial charge in [-0.3, -0.25) is 19.4 Å². The van der Waals surface area contributed by atoms with Crippen molar-refractivity contribution in [2.75, 3.05) is 34.7 Å². The van der Waals surface area contributed by atoms with E-state index in [0.717, 1.165) is 0 Å². The van der Waals surface area contributed by atoms with Crippen molar-refractivity contribution in [3.63, 3.8) is 0 Å². The minimum absolute atomic E-state index is 0.0903. The summed E-state index contributed by atoms with van der Waals surface area (Å²) in [7, 11) is 3.07. The van der Waals surface area contributed by atoms with Crippen molar-refractivity contribution in [1.29, 1.82) is 0 Å². The quantitative estimate of drug-likeness (QED) is 0.230. The van der Waals surface area contributed by atoms with Crippen molar-refractivity contribution in [2.45, 2.75) is 13.1 Å². The van der Waals surface area contributed by atoms with Gasteiger partial charge in [-0.2, -0.15) is 4.98 Å². The highest BCUT2D eigenvalue weighted by molar-refractivity contribution is 6.06. The van der Waals surface area contributed by atoms with Gasteiger partial charge in [0, 0.05) is 35.5 Å². The predicted molar refractivity (Wildman–Crippen MR) is 163 cm³/mol. The van der Waals surface area contributed by atoms with Crippen LogP contribution in [0.5, 0.6) is 11.5 Å². The SMILES string of the molecule is C=CC(=O)Nc1ccccc1Nc1ncc2c(n1)N(Cc1cccc(C(N)=O)c1)C(=O)N(c1cc(OC)cc(OC)c1)C2. The summed E-state index contributed by atoms with van der Waals surface area (Å²) in [5, 5.41) is 5.88. The van der Waals surface area contributed by atoms with Gasteiger partial charge in [0.15, 0.2) is 0 Å². The Morgan fingerprint density at radius 3 is 2.42 bits per heavy atom. The van der Waals surface area contributed by atoms with Crippen molar-refractivity contribution in [3.8, 4) is 11.5 Å². The van der Waals surface area contributed by atoms with Crippen molar-refractivity contribution >= 4 is 46.7 Å². The van der Waals surface area contributed by atoms with Gasteiger partial charge in [-0.1, -0.05) is 30.8 Å². The highest BCUT2D eigenvalue weighted by Gasteiger charge is 2.34. The molecule has 43 heavy (non-hydrogen) atoms. The standard InChI is InChI=1S/C31H29N7O5/c1-4-27(39)34-25-10-5-6-11-26(25)35-30-33-16-21-18-37(22-13-23(42-2)15-24(14-22)43-3)31(41)38(29(21)36-30)17-19-8-7-9-20(12-19)28(32)40/h4-16H,1,17-18H2,2-3H3,(H2,32,40)(H,34,39)(H,33,35,36). The second-order valence-electron chi connectivity index (χ2n) is 9.50. The minimum Gasteiger partial charge on any atom is -0.497 e. The van der Waals surface area contributed by atoms with Gasteiger partial charge in [-0.25, -0.2) is 9.78 Å². The summed E-state index contributed by atoms with van der Waals surface area (Å²) >= 11 is 0. The molecular weight excluding hydrogens is 550 g/mol. The molecule has 0 unspecified atom stereocenters. The summed E-state index contributed by atoms with van der Waals surface area (Å²) in [4.78, 5) is 50.2. The fraction of sp³-hybridized carbons (Fsp3) is 0.129. The zero-order valence-corrected chi connectivity index (χ0v) is 23.5. The largest absolute Gasteiger partial charge is 0.497 e. The number of carbonyl (C=O) groups is 3. The molecule has 1 aliphatic rings. The molecule has 0 saturated heterocycles. The summed E-state index contributed by atoms with van der Waals surface area (Å²) in [5.74, 6) is 0.682. The van der Waals surface area contributed by atoms with E-state index in [9.17, 15) is 14.4 Å². The lowest BCUT2D eigenvalue weighted by molar-refractivity contribution is -0.111. The van der Waals surface area contributed by atoms with E-state index in [0.29, 0.717) is 51.1 Å².